The molecule has 0 bridgehead atoms. The van der Waals surface area contributed by atoms with Gasteiger partial charge in [-0.3, -0.25) is 9.36 Å². The molecule has 1 aliphatic heterocycles. The number of rotatable bonds is 3. The summed E-state index contributed by atoms with van der Waals surface area (Å²) in [6.07, 6.45) is 1.35. The van der Waals surface area contributed by atoms with E-state index in [1.165, 1.54) is 22.8 Å². The second kappa shape index (κ2) is 7.69. The monoisotopic (exact) mass is 400 g/mol. The Kier molecular flexibility index (Phi) is 5.11. The van der Waals surface area contributed by atoms with Crippen molar-refractivity contribution in [1.29, 1.82) is 0 Å². The number of hydrogen-bond donors (Lipinski definition) is 0. The standard InChI is InChI=1S/C20H18ClFN4O2/c1-25-19(27)11-16(14-6-7-23-18(21)10-14)24-20(25)26-8-9-28-17(12-26)13-2-4-15(22)5-3-13/h2-7,10-11,17H,8-9,12H2,1H3/t17-/m1/s1. The van der Waals surface area contributed by atoms with E-state index in [-0.39, 0.29) is 17.5 Å². The van der Waals surface area contributed by atoms with E-state index in [9.17, 15) is 9.18 Å². The Labute approximate surface area is 166 Å². The van der Waals surface area contributed by atoms with E-state index in [1.54, 1.807) is 37.5 Å². The van der Waals surface area contributed by atoms with Gasteiger partial charge in [0.1, 0.15) is 17.1 Å². The number of hydrogen-bond acceptors (Lipinski definition) is 5. The number of ether oxygens (including phenoxy) is 1. The van der Waals surface area contributed by atoms with Gasteiger partial charge in [0.25, 0.3) is 5.56 Å². The smallest absolute Gasteiger partial charge is 0.255 e. The first-order valence-electron chi connectivity index (χ1n) is 8.83. The van der Waals surface area contributed by atoms with E-state index in [1.807, 2.05) is 4.90 Å². The molecule has 1 aliphatic rings. The Morgan fingerprint density at radius 2 is 2.00 bits per heavy atom. The SMILES string of the molecule is Cn1c(N2CCO[C@@H](c3ccc(F)cc3)C2)nc(-c2ccnc(Cl)c2)cc1=O. The van der Waals surface area contributed by atoms with E-state index in [0.29, 0.717) is 36.5 Å². The molecular weight excluding hydrogens is 383 g/mol. The molecule has 1 fully saturated rings. The quantitative estimate of drug-likeness (QED) is 0.632. The largest absolute Gasteiger partial charge is 0.370 e. The van der Waals surface area contributed by atoms with Gasteiger partial charge in [-0.05, 0) is 29.8 Å². The van der Waals surface area contributed by atoms with Crippen molar-refractivity contribution in [2.75, 3.05) is 24.6 Å². The minimum atomic E-state index is -0.288. The Morgan fingerprint density at radius 1 is 1.21 bits per heavy atom. The van der Waals surface area contributed by atoms with Crippen molar-refractivity contribution in [2.24, 2.45) is 7.05 Å². The topological polar surface area (TPSA) is 60.2 Å². The fourth-order valence-corrected chi connectivity index (χ4v) is 3.40. The van der Waals surface area contributed by atoms with Crippen LogP contribution in [0.15, 0.2) is 53.5 Å². The lowest BCUT2D eigenvalue weighted by atomic mass is 10.1. The van der Waals surface area contributed by atoms with E-state index in [2.05, 4.69) is 4.98 Å². The van der Waals surface area contributed by atoms with Gasteiger partial charge in [0.05, 0.1) is 18.8 Å². The lowest BCUT2D eigenvalue weighted by Crippen LogP contribution is -2.41. The van der Waals surface area contributed by atoms with Crippen LogP contribution < -0.4 is 10.5 Å². The number of aromatic nitrogens is 3. The van der Waals surface area contributed by atoms with Gasteiger partial charge < -0.3 is 9.64 Å². The molecule has 144 valence electrons. The van der Waals surface area contributed by atoms with E-state index in [0.717, 1.165) is 11.1 Å². The zero-order chi connectivity index (χ0) is 19.7. The number of morpholine rings is 1. The number of benzene rings is 1. The highest BCUT2D eigenvalue weighted by atomic mass is 35.5. The molecule has 1 atom stereocenters. The van der Waals surface area contributed by atoms with Crippen LogP contribution in [-0.2, 0) is 11.8 Å². The van der Waals surface area contributed by atoms with Gasteiger partial charge >= 0.3 is 0 Å². The van der Waals surface area contributed by atoms with E-state index >= 15 is 0 Å². The van der Waals surface area contributed by atoms with Crippen LogP contribution in [0.3, 0.4) is 0 Å². The van der Waals surface area contributed by atoms with Crippen molar-refractivity contribution >= 4 is 17.5 Å². The first kappa shape index (κ1) is 18.6. The van der Waals surface area contributed by atoms with Crippen molar-refractivity contribution in [3.05, 3.63) is 75.5 Å². The van der Waals surface area contributed by atoms with Crippen LogP contribution in [0.25, 0.3) is 11.3 Å². The van der Waals surface area contributed by atoms with Crippen molar-refractivity contribution in [3.8, 4) is 11.3 Å². The summed E-state index contributed by atoms with van der Waals surface area (Å²) in [5.74, 6) is 0.259. The van der Waals surface area contributed by atoms with Crippen LogP contribution in [0.5, 0.6) is 0 Å². The maximum absolute atomic E-state index is 13.2. The molecule has 0 radical (unpaired) electrons. The minimum Gasteiger partial charge on any atom is -0.370 e. The highest BCUT2D eigenvalue weighted by Crippen LogP contribution is 2.26. The summed E-state index contributed by atoms with van der Waals surface area (Å²) in [7, 11) is 1.69. The summed E-state index contributed by atoms with van der Waals surface area (Å²) in [4.78, 5) is 23.2. The molecule has 2 aromatic heterocycles. The summed E-state index contributed by atoms with van der Waals surface area (Å²) in [5, 5.41) is 0.337. The lowest BCUT2D eigenvalue weighted by molar-refractivity contribution is 0.0389. The van der Waals surface area contributed by atoms with Crippen LogP contribution in [-0.4, -0.2) is 34.2 Å². The third kappa shape index (κ3) is 3.76. The highest BCUT2D eigenvalue weighted by Gasteiger charge is 2.25. The molecule has 8 heteroatoms. The first-order valence-corrected chi connectivity index (χ1v) is 9.21. The predicted octanol–water partition coefficient (Wildman–Crippen LogP) is 3.21. The Morgan fingerprint density at radius 3 is 2.75 bits per heavy atom. The Balaban J connectivity index is 1.68. The van der Waals surface area contributed by atoms with Crippen molar-refractivity contribution < 1.29 is 9.13 Å². The summed E-state index contributed by atoms with van der Waals surface area (Å²) >= 11 is 5.98. The Bertz CT molecular complexity index is 1050. The molecule has 0 saturated carbocycles. The van der Waals surface area contributed by atoms with Gasteiger partial charge in [-0.15, -0.1) is 0 Å². The molecule has 0 unspecified atom stereocenters. The fraction of sp³-hybridized carbons (Fsp3) is 0.250. The van der Waals surface area contributed by atoms with Gasteiger partial charge in [-0.25, -0.2) is 14.4 Å². The van der Waals surface area contributed by atoms with Crippen molar-refractivity contribution in [3.63, 3.8) is 0 Å². The number of anilines is 1. The van der Waals surface area contributed by atoms with E-state index < -0.39 is 0 Å². The molecule has 0 amide bonds. The van der Waals surface area contributed by atoms with Gasteiger partial charge in [0.2, 0.25) is 5.95 Å². The maximum Gasteiger partial charge on any atom is 0.255 e. The molecule has 0 aliphatic carbocycles. The zero-order valence-corrected chi connectivity index (χ0v) is 15.9. The Hall–Kier alpha value is -2.77. The van der Waals surface area contributed by atoms with Gasteiger partial charge in [-0.2, -0.15) is 0 Å². The maximum atomic E-state index is 13.2. The number of pyridine rings is 1. The molecule has 0 N–H and O–H groups in total. The number of halogens is 2. The summed E-state index contributed by atoms with van der Waals surface area (Å²) in [6.45, 7) is 1.58. The lowest BCUT2D eigenvalue weighted by Gasteiger charge is -2.34. The van der Waals surface area contributed by atoms with E-state index in [4.69, 9.17) is 21.3 Å². The van der Waals surface area contributed by atoms with Crippen molar-refractivity contribution in [1.82, 2.24) is 14.5 Å². The van der Waals surface area contributed by atoms with Crippen LogP contribution in [0.2, 0.25) is 5.15 Å². The zero-order valence-electron chi connectivity index (χ0n) is 15.2. The second-order valence-electron chi connectivity index (χ2n) is 6.56. The van der Waals surface area contributed by atoms with Gasteiger partial charge in [0, 0.05) is 31.4 Å². The normalized spacial score (nSPS) is 17.0. The first-order chi connectivity index (χ1) is 13.5. The average molecular weight is 401 g/mol. The van der Waals surface area contributed by atoms with Crippen LogP contribution in [0.4, 0.5) is 10.3 Å². The molecule has 1 aromatic carbocycles. The third-order valence-corrected chi connectivity index (χ3v) is 4.93. The van der Waals surface area contributed by atoms with Crippen LogP contribution >= 0.6 is 11.6 Å². The molecule has 3 heterocycles. The van der Waals surface area contributed by atoms with Crippen LogP contribution in [0.1, 0.15) is 11.7 Å². The van der Waals surface area contributed by atoms with Gasteiger partial charge in [0.15, 0.2) is 0 Å². The molecule has 1 saturated heterocycles. The molecule has 6 nitrogen and oxygen atoms in total. The highest BCUT2D eigenvalue weighted by molar-refractivity contribution is 6.29. The third-order valence-electron chi connectivity index (χ3n) is 4.72. The number of nitrogens with zero attached hydrogens (tertiary/aromatic N) is 4. The second-order valence-corrected chi connectivity index (χ2v) is 6.95. The average Bonchev–Trinajstić information content (AvgIpc) is 2.70. The summed E-state index contributed by atoms with van der Waals surface area (Å²) in [6, 6.07) is 11.2. The van der Waals surface area contributed by atoms with Gasteiger partial charge in [-0.1, -0.05) is 23.7 Å². The summed E-state index contributed by atoms with van der Waals surface area (Å²) in [5.41, 5.74) is 1.97. The molecule has 3 aromatic rings. The minimum absolute atomic E-state index is 0.169. The predicted molar refractivity (Wildman–Crippen MR) is 105 cm³/mol. The molecular formula is C20H18ClFN4O2. The van der Waals surface area contributed by atoms with Crippen molar-refractivity contribution in [2.45, 2.75) is 6.10 Å². The molecule has 0 spiro atoms. The molecule has 4 rings (SSSR count). The van der Waals surface area contributed by atoms with Crippen LogP contribution in [0, 0.1) is 5.82 Å². The summed E-state index contributed by atoms with van der Waals surface area (Å²) < 4.78 is 20.6. The molecule has 28 heavy (non-hydrogen) atoms. The fourth-order valence-electron chi connectivity index (χ4n) is 3.23.